The molecule has 2 aromatic heterocycles. The zero-order chi connectivity index (χ0) is 19.1. The molecule has 138 valence electrons. The van der Waals surface area contributed by atoms with Crippen LogP contribution in [0.4, 0.5) is 4.39 Å². The highest BCUT2D eigenvalue weighted by atomic mass is 35.5. The summed E-state index contributed by atoms with van der Waals surface area (Å²) < 4.78 is 14.7. The molecule has 27 heavy (non-hydrogen) atoms. The van der Waals surface area contributed by atoms with E-state index in [9.17, 15) is 9.18 Å². The normalized spacial score (nSPS) is 16.3. The lowest BCUT2D eigenvalue weighted by molar-refractivity contribution is 0.0672. The van der Waals surface area contributed by atoms with Crippen molar-refractivity contribution in [3.63, 3.8) is 0 Å². The monoisotopic (exact) mass is 385 g/mol. The Morgan fingerprint density at radius 3 is 2.85 bits per heavy atom. The van der Waals surface area contributed by atoms with E-state index in [1.165, 1.54) is 6.07 Å². The van der Waals surface area contributed by atoms with E-state index in [1.807, 2.05) is 26.0 Å². The van der Waals surface area contributed by atoms with E-state index in [0.717, 1.165) is 17.5 Å². The fourth-order valence-electron chi connectivity index (χ4n) is 3.36. The van der Waals surface area contributed by atoms with Crippen molar-refractivity contribution < 1.29 is 9.18 Å². The predicted octanol–water partition coefficient (Wildman–Crippen LogP) is 3.52. The van der Waals surface area contributed by atoms with Gasteiger partial charge in [-0.2, -0.15) is 4.68 Å². The number of nitrogens with zero attached hydrogens (tertiary/aromatic N) is 5. The van der Waals surface area contributed by atoms with Gasteiger partial charge in [0.15, 0.2) is 5.82 Å². The van der Waals surface area contributed by atoms with E-state index in [2.05, 4.69) is 15.3 Å². The Morgan fingerprint density at radius 1 is 1.30 bits per heavy atom. The van der Waals surface area contributed by atoms with Crippen molar-refractivity contribution in [3.8, 4) is 5.82 Å². The van der Waals surface area contributed by atoms with Crippen LogP contribution in [-0.2, 0) is 6.42 Å². The molecule has 0 aliphatic carbocycles. The van der Waals surface area contributed by atoms with Crippen LogP contribution in [-0.4, -0.2) is 37.3 Å². The summed E-state index contributed by atoms with van der Waals surface area (Å²) in [6.07, 6.45) is 1.71. The fourth-order valence-corrected chi connectivity index (χ4v) is 3.57. The molecule has 6 nitrogen and oxygen atoms in total. The van der Waals surface area contributed by atoms with Crippen LogP contribution < -0.4 is 0 Å². The molecule has 1 aromatic carbocycles. The van der Waals surface area contributed by atoms with Gasteiger partial charge in [-0.3, -0.25) is 4.79 Å². The van der Waals surface area contributed by atoms with E-state index in [0.29, 0.717) is 35.1 Å². The van der Waals surface area contributed by atoms with Crippen molar-refractivity contribution >= 4 is 17.5 Å². The quantitative estimate of drug-likeness (QED) is 0.677. The fraction of sp³-hybridized carbons (Fsp3) is 0.263. The van der Waals surface area contributed by atoms with Crippen LogP contribution in [0.15, 0.2) is 36.5 Å². The van der Waals surface area contributed by atoms with Gasteiger partial charge >= 0.3 is 0 Å². The average Bonchev–Trinajstić information content (AvgIpc) is 3.09. The van der Waals surface area contributed by atoms with E-state index in [1.54, 1.807) is 21.7 Å². The minimum absolute atomic E-state index is 0.128. The molecule has 1 atom stereocenters. The van der Waals surface area contributed by atoms with Gasteiger partial charge in [-0.05, 0) is 37.6 Å². The highest BCUT2D eigenvalue weighted by Gasteiger charge is 2.33. The number of carbonyl (C=O) groups is 1. The van der Waals surface area contributed by atoms with Crippen LogP contribution in [0.2, 0.25) is 5.02 Å². The Labute approximate surface area is 160 Å². The third-order valence-electron chi connectivity index (χ3n) is 4.86. The maximum atomic E-state index is 13.1. The maximum Gasteiger partial charge on any atom is 0.255 e. The van der Waals surface area contributed by atoms with Gasteiger partial charge in [0.25, 0.3) is 5.91 Å². The van der Waals surface area contributed by atoms with Crippen LogP contribution >= 0.6 is 11.6 Å². The molecule has 0 N–H and O–H groups in total. The molecule has 0 radical (unpaired) electrons. The van der Waals surface area contributed by atoms with Gasteiger partial charge < -0.3 is 4.90 Å². The van der Waals surface area contributed by atoms with Crippen molar-refractivity contribution in [1.29, 1.82) is 0 Å². The van der Waals surface area contributed by atoms with Crippen molar-refractivity contribution in [2.24, 2.45) is 0 Å². The molecule has 4 rings (SSSR count). The maximum absolute atomic E-state index is 13.1. The number of pyridine rings is 1. The SMILES string of the molecule is Cc1cccc(C(=O)N2CCc3c(nnn3-c3ccc(F)cn3)[C@H]2C)c1Cl. The Balaban J connectivity index is 1.66. The lowest BCUT2D eigenvalue weighted by Gasteiger charge is -2.33. The van der Waals surface area contributed by atoms with Gasteiger partial charge in [-0.15, -0.1) is 5.10 Å². The second-order valence-corrected chi connectivity index (χ2v) is 6.91. The molecule has 0 saturated heterocycles. The summed E-state index contributed by atoms with van der Waals surface area (Å²) >= 11 is 6.33. The first-order valence-corrected chi connectivity index (χ1v) is 8.97. The molecular formula is C19H17ClFN5O. The highest BCUT2D eigenvalue weighted by molar-refractivity contribution is 6.34. The first kappa shape index (κ1) is 17.6. The highest BCUT2D eigenvalue weighted by Crippen LogP contribution is 2.31. The molecule has 1 aliphatic rings. The van der Waals surface area contributed by atoms with Gasteiger partial charge in [0.2, 0.25) is 0 Å². The van der Waals surface area contributed by atoms with Crippen molar-refractivity contribution in [3.05, 3.63) is 69.9 Å². The van der Waals surface area contributed by atoms with Gasteiger partial charge in [-0.1, -0.05) is 28.9 Å². The smallest absolute Gasteiger partial charge is 0.255 e. The molecule has 0 spiro atoms. The number of amides is 1. The number of carbonyl (C=O) groups excluding carboxylic acids is 1. The average molecular weight is 386 g/mol. The number of benzene rings is 1. The van der Waals surface area contributed by atoms with Crippen molar-refractivity contribution in [2.75, 3.05) is 6.54 Å². The molecule has 0 bridgehead atoms. The van der Waals surface area contributed by atoms with Crippen molar-refractivity contribution in [2.45, 2.75) is 26.3 Å². The number of halogens is 2. The number of hydrogen-bond acceptors (Lipinski definition) is 4. The number of hydrogen-bond donors (Lipinski definition) is 0. The molecule has 1 aliphatic heterocycles. The van der Waals surface area contributed by atoms with Crippen LogP contribution in [0.1, 0.15) is 40.3 Å². The third-order valence-corrected chi connectivity index (χ3v) is 5.36. The second kappa shape index (κ2) is 6.74. The number of aromatic nitrogens is 4. The van der Waals surface area contributed by atoms with E-state index < -0.39 is 5.82 Å². The second-order valence-electron chi connectivity index (χ2n) is 6.53. The summed E-state index contributed by atoms with van der Waals surface area (Å²) in [7, 11) is 0. The van der Waals surface area contributed by atoms with E-state index >= 15 is 0 Å². The molecule has 3 aromatic rings. The van der Waals surface area contributed by atoms with Crippen molar-refractivity contribution in [1.82, 2.24) is 24.9 Å². The Bertz CT molecular complexity index is 1020. The lowest BCUT2D eigenvalue weighted by Crippen LogP contribution is -2.39. The van der Waals surface area contributed by atoms with Gasteiger partial charge in [-0.25, -0.2) is 9.37 Å². The molecule has 0 unspecified atom stereocenters. The molecular weight excluding hydrogens is 369 g/mol. The van der Waals surface area contributed by atoms with E-state index in [4.69, 9.17) is 11.6 Å². The van der Waals surface area contributed by atoms with Gasteiger partial charge in [0.1, 0.15) is 11.5 Å². The van der Waals surface area contributed by atoms with E-state index in [-0.39, 0.29) is 11.9 Å². The molecule has 1 amide bonds. The van der Waals surface area contributed by atoms with Crippen LogP contribution in [0.5, 0.6) is 0 Å². The minimum atomic E-state index is -0.409. The molecule has 8 heteroatoms. The summed E-state index contributed by atoms with van der Waals surface area (Å²) in [6.45, 7) is 4.29. The molecule has 0 saturated carbocycles. The van der Waals surface area contributed by atoms with Gasteiger partial charge in [0, 0.05) is 13.0 Å². The summed E-state index contributed by atoms with van der Waals surface area (Å²) in [5, 5.41) is 8.89. The zero-order valence-electron chi connectivity index (χ0n) is 14.9. The predicted molar refractivity (Wildman–Crippen MR) is 98.5 cm³/mol. The van der Waals surface area contributed by atoms with Crippen LogP contribution in [0.25, 0.3) is 5.82 Å². The molecule has 0 fully saturated rings. The largest absolute Gasteiger partial charge is 0.330 e. The summed E-state index contributed by atoms with van der Waals surface area (Å²) in [5.41, 5.74) is 2.94. The number of fused-ring (bicyclic) bond motifs is 1. The Hall–Kier alpha value is -2.80. The van der Waals surface area contributed by atoms with Crippen LogP contribution in [0.3, 0.4) is 0 Å². The van der Waals surface area contributed by atoms with Crippen LogP contribution in [0, 0.1) is 12.7 Å². The van der Waals surface area contributed by atoms with Gasteiger partial charge in [0.05, 0.1) is 28.5 Å². The Kier molecular flexibility index (Phi) is 4.39. The standard InChI is InChI=1S/C19H17ClFN5O/c1-11-4-3-5-14(17(11)20)19(27)25-9-8-15-18(12(25)2)23-24-26(15)16-7-6-13(21)10-22-16/h3-7,10,12H,8-9H2,1-2H3/t12-/m1/s1. The topological polar surface area (TPSA) is 63.9 Å². The first-order chi connectivity index (χ1) is 13.0. The summed E-state index contributed by atoms with van der Waals surface area (Å²) in [5.74, 6) is -0.0388. The number of aryl methyl sites for hydroxylation is 1. The summed E-state index contributed by atoms with van der Waals surface area (Å²) in [4.78, 5) is 18.9. The third kappa shape index (κ3) is 2.98. The first-order valence-electron chi connectivity index (χ1n) is 8.60. The zero-order valence-corrected chi connectivity index (χ0v) is 15.6. The number of rotatable bonds is 2. The molecule has 3 heterocycles. The summed E-state index contributed by atoms with van der Waals surface area (Å²) in [6, 6.07) is 8.06. The minimum Gasteiger partial charge on any atom is -0.330 e. The lowest BCUT2D eigenvalue weighted by atomic mass is 10.0. The Morgan fingerprint density at radius 2 is 2.11 bits per heavy atom.